The average Bonchev–Trinajstić information content (AvgIpc) is 1.62. The molecule has 0 radical (unpaired) electrons. The minimum absolute atomic E-state index is 1.85. The molecule has 0 aliphatic heterocycles. The van der Waals surface area contributed by atoms with Gasteiger partial charge in [-0.1, -0.05) is 0 Å². The second kappa shape index (κ2) is 2.17. The van der Waals surface area contributed by atoms with Gasteiger partial charge in [0.15, 0.2) is 6.79 Å². The summed E-state index contributed by atoms with van der Waals surface area (Å²) in [7, 11) is 0. The van der Waals surface area contributed by atoms with Crippen LogP contribution in [0.25, 0.3) is 0 Å². The third-order valence-corrected chi connectivity index (χ3v) is 0.517. The maximum Gasteiger partial charge on any atom is 0.666 e. The lowest BCUT2D eigenvalue weighted by Crippen LogP contribution is -2.20. The van der Waals surface area contributed by atoms with E-state index in [2.05, 4.69) is 22.8 Å². The highest BCUT2D eigenvalue weighted by molar-refractivity contribution is 6.30. The molecule has 0 aromatic carbocycles. The van der Waals surface area contributed by atoms with E-state index >= 15 is 0 Å². The molecule has 0 amide bonds. The van der Waals surface area contributed by atoms with Gasteiger partial charge in [0.25, 0.3) is 0 Å². The average molecular weight is 143 g/mol. The van der Waals surface area contributed by atoms with Crippen LogP contribution < -0.4 is 0 Å². The van der Waals surface area contributed by atoms with Crippen molar-refractivity contribution in [2.45, 2.75) is 5.38 Å². The molecule has 0 saturated heterocycles. The van der Waals surface area contributed by atoms with Crippen LogP contribution in [0.5, 0.6) is 0 Å². The fourth-order valence-electron chi connectivity index (χ4n) is 0.0818. The zero-order valence-electron chi connectivity index (χ0n) is 3.66. The van der Waals surface area contributed by atoms with Crippen LogP contribution in [0.3, 0.4) is 0 Å². The Balaban J connectivity index is 4.02. The van der Waals surface area contributed by atoms with Gasteiger partial charge < -0.3 is 0 Å². The molecule has 5 heteroatoms. The molecule has 0 aromatic rings. The molecule has 0 unspecified atom stereocenters. The lowest BCUT2D eigenvalue weighted by atomic mass is 10.7. The van der Waals surface area contributed by atoms with E-state index < -0.39 is 11.4 Å². The van der Waals surface area contributed by atoms with Crippen LogP contribution in [0, 0.1) is 0 Å². The molecule has 0 N–H and O–H groups in total. The summed E-state index contributed by atoms with van der Waals surface area (Å²) < 4.78 is 26.1. The standard InChI is InChI=1S/C3H2ClF2O2/c1-8-2(7)3(4,5)6/h1H2/q+1. The van der Waals surface area contributed by atoms with E-state index in [0.29, 0.717) is 0 Å². The van der Waals surface area contributed by atoms with Gasteiger partial charge in [-0.3, -0.25) is 4.42 Å². The number of halogens is 3. The van der Waals surface area contributed by atoms with Gasteiger partial charge in [-0.15, -0.1) is 0 Å². The van der Waals surface area contributed by atoms with Gasteiger partial charge in [-0.25, -0.2) is 0 Å². The van der Waals surface area contributed by atoms with E-state index in [4.69, 9.17) is 0 Å². The molecule has 0 bridgehead atoms. The van der Waals surface area contributed by atoms with Crippen molar-refractivity contribution in [1.29, 1.82) is 0 Å². The lowest BCUT2D eigenvalue weighted by Gasteiger charge is -1.87. The highest BCUT2D eigenvalue weighted by Crippen LogP contribution is 2.18. The summed E-state index contributed by atoms with van der Waals surface area (Å²) in [5.74, 6) is -1.85. The summed E-state index contributed by atoms with van der Waals surface area (Å²) >= 11 is 4.14. The van der Waals surface area contributed by atoms with Gasteiger partial charge in [0.2, 0.25) is 0 Å². The molecule has 0 aliphatic rings. The topological polar surface area (TPSA) is 28.4 Å². The highest BCUT2D eigenvalue weighted by Gasteiger charge is 2.47. The Bertz CT molecular complexity index is 117. The van der Waals surface area contributed by atoms with Crippen molar-refractivity contribution in [3.05, 3.63) is 0 Å². The van der Waals surface area contributed by atoms with E-state index in [0.717, 1.165) is 0 Å². The van der Waals surface area contributed by atoms with Crippen molar-refractivity contribution in [3.63, 3.8) is 0 Å². The first-order valence-corrected chi connectivity index (χ1v) is 1.89. The maximum absolute atomic E-state index is 11.4. The molecule has 2 nitrogen and oxygen atoms in total. The smallest absolute Gasteiger partial charge is 0.282 e. The molecule has 46 valence electrons. The Hall–Kier alpha value is -0.510. The Morgan fingerprint density at radius 2 is 2.12 bits per heavy atom. The van der Waals surface area contributed by atoms with Crippen LogP contribution in [0.15, 0.2) is 0 Å². The molecule has 0 heterocycles. The van der Waals surface area contributed by atoms with Crippen LogP contribution in [0.1, 0.15) is 0 Å². The Morgan fingerprint density at radius 3 is 2.12 bits per heavy atom. The molecular formula is C3H2ClF2O2+. The fraction of sp³-hybridized carbons (Fsp3) is 0.333. The first-order chi connectivity index (χ1) is 3.48. The molecular weight excluding hydrogens is 141 g/mol. The number of carbonyl (C=O) groups excluding carboxylic acids is 2. The second-order valence-electron chi connectivity index (χ2n) is 0.930. The Labute approximate surface area is 48.7 Å². The minimum atomic E-state index is -3.94. The van der Waals surface area contributed by atoms with Crippen molar-refractivity contribution in [1.82, 2.24) is 0 Å². The van der Waals surface area contributed by atoms with Crippen LogP contribution in [-0.2, 0) is 9.22 Å². The molecule has 0 aliphatic carbocycles. The first-order valence-electron chi connectivity index (χ1n) is 1.51. The molecule has 0 atom stereocenters. The van der Waals surface area contributed by atoms with Crippen LogP contribution in [0.4, 0.5) is 8.78 Å². The maximum atomic E-state index is 11.4. The molecule has 8 heavy (non-hydrogen) atoms. The van der Waals surface area contributed by atoms with E-state index in [9.17, 15) is 13.6 Å². The van der Waals surface area contributed by atoms with E-state index in [1.807, 2.05) is 0 Å². The van der Waals surface area contributed by atoms with Crippen molar-refractivity contribution < 1.29 is 18.0 Å². The fourth-order valence-corrected chi connectivity index (χ4v) is 0.136. The van der Waals surface area contributed by atoms with Crippen LogP contribution >= 0.6 is 11.6 Å². The van der Waals surface area contributed by atoms with E-state index in [1.54, 1.807) is 0 Å². The van der Waals surface area contributed by atoms with Crippen molar-refractivity contribution in [2.24, 2.45) is 0 Å². The normalized spacial score (nSPS) is 10.9. The summed E-state index contributed by atoms with van der Waals surface area (Å²) in [5.41, 5.74) is 0. The SMILES string of the molecule is C=[O+]C(=O)C(F)(F)Cl. The second-order valence-corrected chi connectivity index (χ2v) is 1.40. The van der Waals surface area contributed by atoms with Gasteiger partial charge in [-0.2, -0.15) is 8.78 Å². The quantitative estimate of drug-likeness (QED) is 0.393. The Kier molecular flexibility index (Phi) is 2.03. The minimum Gasteiger partial charge on any atom is -0.282 e. The summed E-state index contributed by atoms with van der Waals surface area (Å²) in [6.45, 7) is 2.44. The predicted molar refractivity (Wildman–Crippen MR) is 22.9 cm³/mol. The third-order valence-electron chi connectivity index (χ3n) is 0.363. The summed E-state index contributed by atoms with van der Waals surface area (Å²) in [6.07, 6.45) is 0. The van der Waals surface area contributed by atoms with Gasteiger partial charge >= 0.3 is 11.4 Å². The predicted octanol–water partition coefficient (Wildman–Crippen LogP) is 0.709. The summed E-state index contributed by atoms with van der Waals surface area (Å²) in [6, 6.07) is 0. The van der Waals surface area contributed by atoms with Crippen molar-refractivity contribution in [2.75, 3.05) is 0 Å². The number of rotatable bonds is 1. The van der Waals surface area contributed by atoms with Gasteiger partial charge in [0.1, 0.15) is 0 Å². The largest absolute Gasteiger partial charge is 0.666 e. The van der Waals surface area contributed by atoms with E-state index in [-0.39, 0.29) is 0 Å². The van der Waals surface area contributed by atoms with Crippen LogP contribution in [0.2, 0.25) is 0 Å². The molecule has 0 saturated carbocycles. The number of carbonyl (C=O) groups is 1. The summed E-state index contributed by atoms with van der Waals surface area (Å²) in [4.78, 5) is 9.67. The molecule has 0 rings (SSSR count). The monoisotopic (exact) mass is 143 g/mol. The van der Waals surface area contributed by atoms with E-state index in [1.165, 1.54) is 0 Å². The van der Waals surface area contributed by atoms with Gasteiger partial charge in [0.05, 0.1) is 4.79 Å². The van der Waals surface area contributed by atoms with Crippen molar-refractivity contribution in [3.8, 4) is 0 Å². The number of alkyl halides is 3. The van der Waals surface area contributed by atoms with Crippen LogP contribution in [-0.4, -0.2) is 18.1 Å². The first kappa shape index (κ1) is 7.49. The summed E-state index contributed by atoms with van der Waals surface area (Å²) in [5, 5.41) is -3.94. The zero-order valence-corrected chi connectivity index (χ0v) is 4.41. The van der Waals surface area contributed by atoms with Gasteiger partial charge in [-0.05, 0) is 11.6 Å². The number of hydrogen-bond donors (Lipinski definition) is 0. The zero-order chi connectivity index (χ0) is 6.78. The third kappa shape index (κ3) is 1.97. The molecule has 0 spiro atoms. The molecule has 0 aromatic heterocycles. The molecule has 0 fully saturated rings. The lowest BCUT2D eigenvalue weighted by molar-refractivity contribution is -0.381. The number of hydrogen-bond acceptors (Lipinski definition) is 1. The van der Waals surface area contributed by atoms with Crippen molar-refractivity contribution >= 4 is 24.4 Å². The van der Waals surface area contributed by atoms with Gasteiger partial charge in [0, 0.05) is 0 Å². The highest BCUT2D eigenvalue weighted by atomic mass is 35.5. The Morgan fingerprint density at radius 1 is 1.75 bits per heavy atom.